The minimum absolute atomic E-state index is 0.0633. The van der Waals surface area contributed by atoms with Gasteiger partial charge in [-0.25, -0.2) is 0 Å². The van der Waals surface area contributed by atoms with Crippen LogP contribution in [0.1, 0.15) is 12.8 Å². The molecular weight excluding hydrogens is 296 g/mol. The number of rotatable bonds is 3. The lowest BCUT2D eigenvalue weighted by atomic mass is 9.99. The number of halogens is 1. The lowest BCUT2D eigenvalue weighted by Gasteiger charge is -2.22. The molecule has 18 heavy (non-hydrogen) atoms. The number of benzene rings is 1. The summed E-state index contributed by atoms with van der Waals surface area (Å²) >= 11 is 3.39. The molecular formula is C13H17BrN2O2. The fourth-order valence-corrected chi connectivity index (χ4v) is 2.47. The second kappa shape index (κ2) is 6.20. The molecule has 2 rings (SSSR count). The fraction of sp³-hybridized carbons (Fsp3) is 0.462. The molecule has 1 aromatic rings. The summed E-state index contributed by atoms with van der Waals surface area (Å²) in [6.45, 7) is 1.77. The Morgan fingerprint density at radius 3 is 3.06 bits per heavy atom. The molecule has 1 saturated heterocycles. The van der Waals surface area contributed by atoms with Crippen LogP contribution in [0.25, 0.3) is 0 Å². The molecule has 5 heteroatoms. The van der Waals surface area contributed by atoms with Crippen molar-refractivity contribution in [3.63, 3.8) is 0 Å². The zero-order valence-electron chi connectivity index (χ0n) is 10.3. The highest BCUT2D eigenvalue weighted by Crippen LogP contribution is 2.28. The number of ether oxygens (including phenoxy) is 1. The molecule has 1 fully saturated rings. The number of piperidine rings is 1. The number of amides is 1. The van der Waals surface area contributed by atoms with E-state index in [4.69, 9.17) is 4.74 Å². The summed E-state index contributed by atoms with van der Waals surface area (Å²) < 4.78 is 6.08. The van der Waals surface area contributed by atoms with E-state index in [9.17, 15) is 4.79 Å². The highest BCUT2D eigenvalue weighted by Gasteiger charge is 2.20. The number of carbonyl (C=O) groups excluding carboxylic acids is 1. The first kappa shape index (κ1) is 13.4. The van der Waals surface area contributed by atoms with Crippen LogP contribution in [-0.2, 0) is 4.79 Å². The fourth-order valence-electron chi connectivity index (χ4n) is 2.06. The molecule has 0 unspecified atom stereocenters. The molecule has 0 spiro atoms. The summed E-state index contributed by atoms with van der Waals surface area (Å²) in [5.41, 5.74) is 0.769. The van der Waals surface area contributed by atoms with E-state index in [0.717, 1.165) is 41.8 Å². The largest absolute Gasteiger partial charge is 0.495 e. The van der Waals surface area contributed by atoms with Crippen LogP contribution in [0, 0.1) is 5.92 Å². The predicted molar refractivity (Wildman–Crippen MR) is 74.9 cm³/mol. The van der Waals surface area contributed by atoms with Crippen molar-refractivity contribution in [2.75, 3.05) is 25.5 Å². The summed E-state index contributed by atoms with van der Waals surface area (Å²) in [5.74, 6) is 0.856. The maximum absolute atomic E-state index is 12.0. The van der Waals surface area contributed by atoms with Gasteiger partial charge in [-0.15, -0.1) is 0 Å². The maximum atomic E-state index is 12.0. The normalized spacial score (nSPS) is 19.3. The van der Waals surface area contributed by atoms with Crippen LogP contribution in [0.4, 0.5) is 5.69 Å². The Morgan fingerprint density at radius 1 is 1.56 bits per heavy atom. The summed E-state index contributed by atoms with van der Waals surface area (Å²) in [6.07, 6.45) is 2.01. The number of methoxy groups -OCH3 is 1. The molecule has 2 N–H and O–H groups in total. The van der Waals surface area contributed by atoms with E-state index in [0.29, 0.717) is 0 Å². The zero-order chi connectivity index (χ0) is 13.0. The van der Waals surface area contributed by atoms with E-state index >= 15 is 0 Å². The van der Waals surface area contributed by atoms with E-state index in [1.165, 1.54) is 0 Å². The first-order valence-electron chi connectivity index (χ1n) is 6.06. The standard InChI is InChI=1S/C13H17BrN2O2/c1-18-12-7-10(4-5-11(12)14)16-13(17)9-3-2-6-15-8-9/h4-5,7,9,15H,2-3,6,8H2,1H3,(H,16,17)/t9-/m0/s1. The summed E-state index contributed by atoms with van der Waals surface area (Å²) in [7, 11) is 1.61. The Hall–Kier alpha value is -1.07. The van der Waals surface area contributed by atoms with Crippen LogP contribution < -0.4 is 15.4 Å². The summed E-state index contributed by atoms with van der Waals surface area (Å²) in [5, 5.41) is 6.17. The topological polar surface area (TPSA) is 50.4 Å². The van der Waals surface area contributed by atoms with Crippen molar-refractivity contribution in [3.8, 4) is 5.75 Å². The first-order valence-corrected chi connectivity index (χ1v) is 6.85. The number of hydrogen-bond donors (Lipinski definition) is 2. The van der Waals surface area contributed by atoms with Gasteiger partial charge in [0.1, 0.15) is 5.75 Å². The van der Waals surface area contributed by atoms with Gasteiger partial charge in [-0.05, 0) is 47.4 Å². The van der Waals surface area contributed by atoms with Crippen molar-refractivity contribution in [2.24, 2.45) is 5.92 Å². The smallest absolute Gasteiger partial charge is 0.228 e. The van der Waals surface area contributed by atoms with Crippen molar-refractivity contribution in [1.29, 1.82) is 0 Å². The van der Waals surface area contributed by atoms with Gasteiger partial charge in [-0.2, -0.15) is 0 Å². The molecule has 1 heterocycles. The van der Waals surface area contributed by atoms with Gasteiger partial charge in [0, 0.05) is 18.3 Å². The molecule has 0 aliphatic carbocycles. The average molecular weight is 313 g/mol. The summed E-state index contributed by atoms with van der Waals surface area (Å²) in [6, 6.07) is 5.55. The van der Waals surface area contributed by atoms with Gasteiger partial charge in [-0.3, -0.25) is 4.79 Å². The first-order chi connectivity index (χ1) is 8.70. The van der Waals surface area contributed by atoms with Crippen LogP contribution in [0.2, 0.25) is 0 Å². The van der Waals surface area contributed by atoms with Crippen molar-refractivity contribution < 1.29 is 9.53 Å². The van der Waals surface area contributed by atoms with Crippen molar-refractivity contribution in [1.82, 2.24) is 5.32 Å². The van der Waals surface area contributed by atoms with Gasteiger partial charge in [0.15, 0.2) is 0 Å². The lowest BCUT2D eigenvalue weighted by Crippen LogP contribution is -2.37. The van der Waals surface area contributed by atoms with Crippen molar-refractivity contribution >= 4 is 27.5 Å². The summed E-state index contributed by atoms with van der Waals surface area (Å²) in [4.78, 5) is 12.0. The van der Waals surface area contributed by atoms with Crippen molar-refractivity contribution in [3.05, 3.63) is 22.7 Å². The molecule has 0 saturated carbocycles. The molecule has 1 aromatic carbocycles. The molecule has 98 valence electrons. The third-order valence-corrected chi connectivity index (χ3v) is 3.74. The molecule has 0 aromatic heterocycles. The minimum atomic E-state index is 0.0633. The Morgan fingerprint density at radius 2 is 2.39 bits per heavy atom. The SMILES string of the molecule is COc1cc(NC(=O)[C@H]2CCCNC2)ccc1Br. The molecule has 1 aliphatic heterocycles. The molecule has 1 atom stereocenters. The molecule has 0 bridgehead atoms. The average Bonchev–Trinajstić information content (AvgIpc) is 2.42. The van der Waals surface area contributed by atoms with Gasteiger partial charge in [0.25, 0.3) is 0 Å². The van der Waals surface area contributed by atoms with E-state index in [1.807, 2.05) is 18.2 Å². The molecule has 4 nitrogen and oxygen atoms in total. The van der Waals surface area contributed by atoms with Gasteiger partial charge in [0.2, 0.25) is 5.91 Å². The Bertz CT molecular complexity index is 431. The maximum Gasteiger partial charge on any atom is 0.228 e. The van der Waals surface area contributed by atoms with Gasteiger partial charge in [-0.1, -0.05) is 0 Å². The van der Waals surface area contributed by atoms with Crippen LogP contribution in [0.5, 0.6) is 5.75 Å². The number of anilines is 1. The number of carbonyl (C=O) groups is 1. The van der Waals surface area contributed by atoms with E-state index in [-0.39, 0.29) is 11.8 Å². The van der Waals surface area contributed by atoms with E-state index in [2.05, 4.69) is 26.6 Å². The third-order valence-electron chi connectivity index (χ3n) is 3.09. The highest BCUT2D eigenvalue weighted by molar-refractivity contribution is 9.10. The van der Waals surface area contributed by atoms with Gasteiger partial charge < -0.3 is 15.4 Å². The molecule has 1 amide bonds. The monoisotopic (exact) mass is 312 g/mol. The Labute approximate surface area is 115 Å². The van der Waals surface area contributed by atoms with Gasteiger partial charge in [0.05, 0.1) is 17.5 Å². The molecule has 1 aliphatic rings. The second-order valence-corrected chi connectivity index (χ2v) is 5.24. The van der Waals surface area contributed by atoms with Crippen LogP contribution >= 0.6 is 15.9 Å². The number of hydrogen-bond acceptors (Lipinski definition) is 3. The van der Waals surface area contributed by atoms with Crippen LogP contribution in [-0.4, -0.2) is 26.1 Å². The van der Waals surface area contributed by atoms with Crippen molar-refractivity contribution in [2.45, 2.75) is 12.8 Å². The van der Waals surface area contributed by atoms with Gasteiger partial charge >= 0.3 is 0 Å². The van der Waals surface area contributed by atoms with E-state index < -0.39 is 0 Å². The lowest BCUT2D eigenvalue weighted by molar-refractivity contribution is -0.120. The van der Waals surface area contributed by atoms with Crippen LogP contribution in [0.15, 0.2) is 22.7 Å². The molecule has 0 radical (unpaired) electrons. The third kappa shape index (κ3) is 3.23. The number of nitrogens with one attached hydrogen (secondary N) is 2. The quantitative estimate of drug-likeness (QED) is 0.901. The van der Waals surface area contributed by atoms with Crippen LogP contribution in [0.3, 0.4) is 0 Å². The zero-order valence-corrected chi connectivity index (χ0v) is 11.9. The minimum Gasteiger partial charge on any atom is -0.495 e. The Balaban J connectivity index is 2.02. The second-order valence-electron chi connectivity index (χ2n) is 4.38. The highest BCUT2D eigenvalue weighted by atomic mass is 79.9. The predicted octanol–water partition coefficient (Wildman–Crippen LogP) is 2.40. The van der Waals surface area contributed by atoms with E-state index in [1.54, 1.807) is 7.11 Å². The Kier molecular flexibility index (Phi) is 4.60.